The Hall–Kier alpha value is -1.30. The first-order valence-electron chi connectivity index (χ1n) is 6.38. The van der Waals surface area contributed by atoms with Gasteiger partial charge in [-0.15, -0.1) is 12.4 Å². The van der Waals surface area contributed by atoms with Gasteiger partial charge in [-0.05, 0) is 30.0 Å². The van der Waals surface area contributed by atoms with Crippen LogP contribution < -0.4 is 15.8 Å². The van der Waals surface area contributed by atoms with Crippen molar-refractivity contribution >= 4 is 18.3 Å². The standard InChI is InChI=1S/C14H20N2O3.ClH/c1-18-8-11(15)14(17)16-12-7-6-10-9(12)4-3-5-13(10)19-2;/h3-5,11-12H,6-8,15H2,1-2H3,(H,16,17);1H. The van der Waals surface area contributed by atoms with Gasteiger partial charge in [0.2, 0.25) is 5.91 Å². The molecular weight excluding hydrogens is 280 g/mol. The smallest absolute Gasteiger partial charge is 0.239 e. The number of ether oxygens (including phenoxy) is 2. The first-order valence-corrected chi connectivity index (χ1v) is 6.38. The number of nitrogens with one attached hydrogen (secondary N) is 1. The molecule has 0 aliphatic heterocycles. The summed E-state index contributed by atoms with van der Waals surface area (Å²) < 4.78 is 10.2. The van der Waals surface area contributed by atoms with Crippen molar-refractivity contribution in [1.82, 2.24) is 5.32 Å². The normalized spacial score (nSPS) is 17.9. The van der Waals surface area contributed by atoms with Crippen LogP contribution in [-0.4, -0.2) is 32.8 Å². The fourth-order valence-electron chi connectivity index (χ4n) is 2.50. The molecule has 112 valence electrons. The number of halogens is 1. The molecule has 1 aliphatic carbocycles. The minimum absolute atomic E-state index is 0. The minimum atomic E-state index is -0.625. The van der Waals surface area contributed by atoms with Gasteiger partial charge in [-0.2, -0.15) is 0 Å². The summed E-state index contributed by atoms with van der Waals surface area (Å²) in [7, 11) is 3.19. The molecule has 6 heteroatoms. The second-order valence-corrected chi connectivity index (χ2v) is 4.69. The molecular formula is C14H21ClN2O3. The molecule has 1 aliphatic rings. The zero-order valence-corrected chi connectivity index (χ0v) is 12.5. The largest absolute Gasteiger partial charge is 0.496 e. The van der Waals surface area contributed by atoms with Crippen molar-refractivity contribution in [3.8, 4) is 5.75 Å². The van der Waals surface area contributed by atoms with Crippen molar-refractivity contribution in [3.05, 3.63) is 29.3 Å². The van der Waals surface area contributed by atoms with Gasteiger partial charge in [-0.1, -0.05) is 12.1 Å². The quantitative estimate of drug-likeness (QED) is 0.857. The number of rotatable bonds is 5. The van der Waals surface area contributed by atoms with Crippen LogP contribution in [0, 0.1) is 0 Å². The first kappa shape index (κ1) is 16.8. The van der Waals surface area contributed by atoms with Gasteiger partial charge in [-0.3, -0.25) is 4.79 Å². The summed E-state index contributed by atoms with van der Waals surface area (Å²) in [4.78, 5) is 11.9. The Morgan fingerprint density at radius 3 is 2.90 bits per heavy atom. The SMILES string of the molecule is COCC(N)C(=O)NC1CCc2c(OC)cccc21.Cl. The van der Waals surface area contributed by atoms with Crippen LogP contribution in [0.25, 0.3) is 0 Å². The highest BCUT2D eigenvalue weighted by molar-refractivity contribution is 5.85. The Balaban J connectivity index is 0.00000200. The molecule has 0 aromatic heterocycles. The second kappa shape index (κ2) is 7.47. The third kappa shape index (κ3) is 3.42. The Labute approximate surface area is 125 Å². The molecule has 0 saturated heterocycles. The van der Waals surface area contributed by atoms with Gasteiger partial charge in [0.25, 0.3) is 0 Å². The number of amides is 1. The zero-order chi connectivity index (χ0) is 13.8. The molecule has 0 saturated carbocycles. The van der Waals surface area contributed by atoms with Crippen molar-refractivity contribution in [3.63, 3.8) is 0 Å². The molecule has 2 atom stereocenters. The monoisotopic (exact) mass is 300 g/mol. The number of hydrogen-bond donors (Lipinski definition) is 2. The summed E-state index contributed by atoms with van der Waals surface area (Å²) >= 11 is 0. The summed E-state index contributed by atoms with van der Waals surface area (Å²) in [6.07, 6.45) is 1.78. The van der Waals surface area contributed by atoms with E-state index in [-0.39, 0.29) is 31.0 Å². The topological polar surface area (TPSA) is 73.6 Å². The average Bonchev–Trinajstić information content (AvgIpc) is 2.82. The van der Waals surface area contributed by atoms with Crippen molar-refractivity contribution in [2.45, 2.75) is 24.9 Å². The van der Waals surface area contributed by atoms with Crippen LogP contribution >= 0.6 is 12.4 Å². The number of methoxy groups -OCH3 is 2. The highest BCUT2D eigenvalue weighted by atomic mass is 35.5. The number of carbonyl (C=O) groups excluding carboxylic acids is 1. The van der Waals surface area contributed by atoms with E-state index in [1.54, 1.807) is 7.11 Å². The molecule has 0 bridgehead atoms. The van der Waals surface area contributed by atoms with Crippen LogP contribution in [0.2, 0.25) is 0 Å². The molecule has 0 heterocycles. The molecule has 0 radical (unpaired) electrons. The van der Waals surface area contributed by atoms with Crippen molar-refractivity contribution < 1.29 is 14.3 Å². The summed E-state index contributed by atoms with van der Waals surface area (Å²) in [5.74, 6) is 0.706. The van der Waals surface area contributed by atoms with E-state index in [1.807, 2.05) is 18.2 Å². The molecule has 20 heavy (non-hydrogen) atoms. The molecule has 0 fully saturated rings. The van der Waals surface area contributed by atoms with E-state index in [0.717, 1.165) is 24.2 Å². The summed E-state index contributed by atoms with van der Waals surface area (Å²) in [6.45, 7) is 0.226. The first-order chi connectivity index (χ1) is 9.17. The number of hydrogen-bond acceptors (Lipinski definition) is 4. The van der Waals surface area contributed by atoms with Crippen molar-refractivity contribution in [2.24, 2.45) is 5.73 Å². The van der Waals surface area contributed by atoms with Gasteiger partial charge in [-0.25, -0.2) is 0 Å². The molecule has 3 N–H and O–H groups in total. The lowest BCUT2D eigenvalue weighted by atomic mass is 10.1. The summed E-state index contributed by atoms with van der Waals surface area (Å²) in [5.41, 5.74) is 8.02. The predicted octanol–water partition coefficient (Wildman–Crippen LogP) is 1.19. The zero-order valence-electron chi connectivity index (χ0n) is 11.7. The third-order valence-corrected chi connectivity index (χ3v) is 3.45. The number of benzene rings is 1. The van der Waals surface area contributed by atoms with Crippen LogP contribution in [0.5, 0.6) is 5.75 Å². The van der Waals surface area contributed by atoms with Gasteiger partial charge in [0.05, 0.1) is 19.8 Å². The van der Waals surface area contributed by atoms with E-state index in [4.69, 9.17) is 15.2 Å². The Kier molecular flexibility index (Phi) is 6.26. The molecule has 1 aromatic carbocycles. The van der Waals surface area contributed by atoms with Gasteiger partial charge >= 0.3 is 0 Å². The van der Waals surface area contributed by atoms with Crippen LogP contribution in [0.3, 0.4) is 0 Å². The van der Waals surface area contributed by atoms with Crippen LogP contribution in [-0.2, 0) is 16.0 Å². The fourth-order valence-corrected chi connectivity index (χ4v) is 2.50. The lowest BCUT2D eigenvalue weighted by molar-refractivity contribution is -0.124. The molecule has 2 rings (SSSR count). The lowest BCUT2D eigenvalue weighted by Gasteiger charge is -2.17. The predicted molar refractivity (Wildman–Crippen MR) is 79.3 cm³/mol. The number of nitrogens with two attached hydrogens (primary N) is 1. The van der Waals surface area contributed by atoms with E-state index in [2.05, 4.69) is 5.32 Å². The highest BCUT2D eigenvalue weighted by Gasteiger charge is 2.27. The Morgan fingerprint density at radius 1 is 1.50 bits per heavy atom. The molecule has 1 amide bonds. The van der Waals surface area contributed by atoms with Crippen LogP contribution in [0.1, 0.15) is 23.6 Å². The Morgan fingerprint density at radius 2 is 2.25 bits per heavy atom. The molecule has 1 aromatic rings. The highest BCUT2D eigenvalue weighted by Crippen LogP contribution is 2.36. The number of carbonyl (C=O) groups is 1. The van der Waals surface area contributed by atoms with E-state index < -0.39 is 6.04 Å². The second-order valence-electron chi connectivity index (χ2n) is 4.69. The van der Waals surface area contributed by atoms with Gasteiger partial charge in [0, 0.05) is 7.11 Å². The molecule has 2 unspecified atom stereocenters. The maximum Gasteiger partial charge on any atom is 0.239 e. The lowest BCUT2D eigenvalue weighted by Crippen LogP contribution is -2.44. The van der Waals surface area contributed by atoms with E-state index in [0.29, 0.717) is 0 Å². The minimum Gasteiger partial charge on any atom is -0.496 e. The van der Waals surface area contributed by atoms with Gasteiger partial charge in [0.1, 0.15) is 11.8 Å². The average molecular weight is 301 g/mol. The van der Waals surface area contributed by atoms with Crippen molar-refractivity contribution in [1.29, 1.82) is 0 Å². The molecule has 0 spiro atoms. The van der Waals surface area contributed by atoms with Gasteiger partial charge in [0.15, 0.2) is 0 Å². The molecule has 5 nitrogen and oxygen atoms in total. The Bertz CT molecular complexity index is 468. The maximum atomic E-state index is 11.9. The fraction of sp³-hybridized carbons (Fsp3) is 0.500. The van der Waals surface area contributed by atoms with E-state index >= 15 is 0 Å². The third-order valence-electron chi connectivity index (χ3n) is 3.45. The maximum absolute atomic E-state index is 11.9. The van der Waals surface area contributed by atoms with E-state index in [9.17, 15) is 4.79 Å². The van der Waals surface area contributed by atoms with Crippen LogP contribution in [0.4, 0.5) is 0 Å². The van der Waals surface area contributed by atoms with Crippen LogP contribution in [0.15, 0.2) is 18.2 Å². The van der Waals surface area contributed by atoms with Crippen molar-refractivity contribution in [2.75, 3.05) is 20.8 Å². The van der Waals surface area contributed by atoms with E-state index in [1.165, 1.54) is 12.7 Å². The number of fused-ring (bicyclic) bond motifs is 1. The summed E-state index contributed by atoms with van der Waals surface area (Å²) in [6, 6.07) is 5.30. The summed E-state index contributed by atoms with van der Waals surface area (Å²) in [5, 5.41) is 2.97. The van der Waals surface area contributed by atoms with Gasteiger partial charge < -0.3 is 20.5 Å².